The molecule has 0 atom stereocenters. The van der Waals surface area contributed by atoms with Crippen LogP contribution in [0, 0.1) is 18.3 Å². The largest absolute Gasteiger partial charge is 0.217 e. The van der Waals surface area contributed by atoms with Gasteiger partial charge in [0.25, 0.3) is 0 Å². The van der Waals surface area contributed by atoms with Crippen LogP contribution in [0.25, 0.3) is 0 Å². The van der Waals surface area contributed by atoms with E-state index in [9.17, 15) is 4.39 Å². The van der Waals surface area contributed by atoms with Gasteiger partial charge in [0.05, 0.1) is 0 Å². The van der Waals surface area contributed by atoms with E-state index in [2.05, 4.69) is 10.9 Å². The van der Waals surface area contributed by atoms with E-state index in [4.69, 9.17) is 6.42 Å². The van der Waals surface area contributed by atoms with Crippen molar-refractivity contribution in [2.24, 2.45) is 0 Å². The second kappa shape index (κ2) is 3.18. The van der Waals surface area contributed by atoms with Crippen LogP contribution in [0.4, 0.5) is 4.39 Å². The molecule has 0 aliphatic heterocycles. The molecule has 0 saturated heterocycles. The smallest absolute Gasteiger partial charge is 0.211 e. The molecule has 0 aromatic carbocycles. The Labute approximate surface area is 78.0 Å². The van der Waals surface area contributed by atoms with Crippen molar-refractivity contribution in [3.63, 3.8) is 0 Å². The maximum absolute atomic E-state index is 13.3. The Morgan fingerprint density at radius 3 is 2.38 bits per heavy atom. The molecule has 2 heteroatoms. The molecule has 1 heterocycles. The number of hydrogen-bond acceptors (Lipinski definition) is 1. The fourth-order valence-electron chi connectivity index (χ4n) is 1.07. The molecule has 0 N–H and O–H groups in total. The van der Waals surface area contributed by atoms with Gasteiger partial charge >= 0.3 is 0 Å². The number of rotatable bonds is 0. The predicted octanol–water partition coefficient (Wildman–Crippen LogP) is 2.50. The molecule has 0 fully saturated rings. The van der Waals surface area contributed by atoms with Crippen molar-refractivity contribution in [2.75, 3.05) is 0 Å². The van der Waals surface area contributed by atoms with E-state index in [0.717, 1.165) is 0 Å². The zero-order valence-corrected chi connectivity index (χ0v) is 8.06. The van der Waals surface area contributed by atoms with Crippen LogP contribution in [0.1, 0.15) is 32.0 Å². The Kier molecular flexibility index (Phi) is 2.38. The number of aromatic nitrogens is 1. The monoisotopic (exact) mass is 177 g/mol. The van der Waals surface area contributed by atoms with Crippen molar-refractivity contribution < 1.29 is 4.39 Å². The van der Waals surface area contributed by atoms with Gasteiger partial charge in [-0.1, -0.05) is 32.8 Å². The van der Waals surface area contributed by atoms with Crippen molar-refractivity contribution in [1.82, 2.24) is 4.98 Å². The molecule has 68 valence electrons. The zero-order chi connectivity index (χ0) is 10.1. The third kappa shape index (κ3) is 2.06. The third-order valence-corrected chi connectivity index (χ3v) is 1.80. The molecular formula is C11H12FN. The highest BCUT2D eigenvalue weighted by molar-refractivity contribution is 5.29. The van der Waals surface area contributed by atoms with E-state index >= 15 is 0 Å². The summed E-state index contributed by atoms with van der Waals surface area (Å²) >= 11 is 0. The summed E-state index contributed by atoms with van der Waals surface area (Å²) in [6.45, 7) is 5.80. The average Bonchev–Trinajstić information content (AvgIpc) is 2.01. The van der Waals surface area contributed by atoms with E-state index in [1.165, 1.54) is 0 Å². The Balaban J connectivity index is 3.23. The quantitative estimate of drug-likeness (QED) is 0.438. The fraction of sp³-hybridized carbons (Fsp3) is 0.364. The summed E-state index contributed by atoms with van der Waals surface area (Å²) in [5.74, 6) is 1.83. The van der Waals surface area contributed by atoms with Gasteiger partial charge in [0.2, 0.25) is 5.95 Å². The van der Waals surface area contributed by atoms with Crippen molar-refractivity contribution >= 4 is 0 Å². The Morgan fingerprint density at radius 1 is 1.38 bits per heavy atom. The fourth-order valence-corrected chi connectivity index (χ4v) is 1.07. The Bertz CT molecular complexity index is 355. The predicted molar refractivity (Wildman–Crippen MR) is 50.8 cm³/mol. The summed E-state index contributed by atoms with van der Waals surface area (Å²) < 4.78 is 13.3. The minimum atomic E-state index is -0.469. The van der Waals surface area contributed by atoms with Crippen molar-refractivity contribution in [3.05, 3.63) is 29.3 Å². The Morgan fingerprint density at radius 2 is 2.00 bits per heavy atom. The average molecular weight is 177 g/mol. The molecule has 0 radical (unpaired) electrons. The molecule has 1 aromatic rings. The maximum atomic E-state index is 13.3. The topological polar surface area (TPSA) is 12.9 Å². The molecule has 1 nitrogen and oxygen atoms in total. The summed E-state index contributed by atoms with van der Waals surface area (Å²) in [6.07, 6.45) is 5.10. The SMILES string of the molecule is C#Cc1ccc(C(C)(C)C)c(F)n1. The number of pyridine rings is 1. The lowest BCUT2D eigenvalue weighted by Crippen LogP contribution is -2.14. The number of hydrogen-bond donors (Lipinski definition) is 0. The van der Waals surface area contributed by atoms with Crippen LogP contribution >= 0.6 is 0 Å². The Hall–Kier alpha value is -1.36. The highest BCUT2D eigenvalue weighted by Crippen LogP contribution is 2.23. The number of halogens is 1. The molecule has 0 bridgehead atoms. The molecule has 0 amide bonds. The molecule has 0 unspecified atom stereocenters. The van der Waals surface area contributed by atoms with Crippen LogP contribution < -0.4 is 0 Å². The molecule has 13 heavy (non-hydrogen) atoms. The second-order valence-electron chi connectivity index (χ2n) is 3.93. The highest BCUT2D eigenvalue weighted by Gasteiger charge is 2.18. The van der Waals surface area contributed by atoms with Crippen LogP contribution in [-0.4, -0.2) is 4.98 Å². The summed E-state index contributed by atoms with van der Waals surface area (Å²) in [5, 5.41) is 0. The molecule has 1 aromatic heterocycles. The van der Waals surface area contributed by atoms with Gasteiger partial charge in [-0.15, -0.1) is 6.42 Å². The standard InChI is InChI=1S/C11H12FN/c1-5-8-6-7-9(10(12)13-8)11(2,3)4/h1,6-7H,2-4H3. The first-order chi connectivity index (χ1) is 5.95. The van der Waals surface area contributed by atoms with E-state index in [1.54, 1.807) is 12.1 Å². The maximum Gasteiger partial charge on any atom is 0.217 e. The summed E-state index contributed by atoms with van der Waals surface area (Å²) in [6, 6.07) is 3.35. The lowest BCUT2D eigenvalue weighted by Gasteiger charge is -2.18. The van der Waals surface area contributed by atoms with Crippen LogP contribution in [0.3, 0.4) is 0 Å². The molecule has 0 saturated carbocycles. The van der Waals surface area contributed by atoms with Crippen LogP contribution in [0.15, 0.2) is 12.1 Å². The van der Waals surface area contributed by atoms with E-state index in [1.807, 2.05) is 20.8 Å². The first-order valence-electron chi connectivity index (χ1n) is 4.09. The van der Waals surface area contributed by atoms with Gasteiger partial charge in [-0.2, -0.15) is 4.39 Å². The second-order valence-corrected chi connectivity index (χ2v) is 3.93. The molecule has 0 aliphatic carbocycles. The third-order valence-electron chi connectivity index (χ3n) is 1.80. The summed E-state index contributed by atoms with van der Waals surface area (Å²) in [4.78, 5) is 3.66. The first kappa shape index (κ1) is 9.73. The van der Waals surface area contributed by atoms with Gasteiger partial charge in [0.1, 0.15) is 5.69 Å². The van der Waals surface area contributed by atoms with Crippen molar-refractivity contribution in [3.8, 4) is 12.3 Å². The van der Waals surface area contributed by atoms with Crippen LogP contribution in [0.2, 0.25) is 0 Å². The first-order valence-corrected chi connectivity index (χ1v) is 4.09. The molecule has 0 aliphatic rings. The van der Waals surface area contributed by atoms with E-state index in [0.29, 0.717) is 11.3 Å². The summed E-state index contributed by atoms with van der Waals surface area (Å²) in [7, 11) is 0. The highest BCUT2D eigenvalue weighted by atomic mass is 19.1. The molecular weight excluding hydrogens is 165 g/mol. The van der Waals surface area contributed by atoms with Crippen molar-refractivity contribution in [1.29, 1.82) is 0 Å². The zero-order valence-electron chi connectivity index (χ0n) is 8.06. The number of nitrogens with zero attached hydrogens (tertiary/aromatic N) is 1. The molecule has 1 rings (SSSR count). The van der Waals surface area contributed by atoms with Crippen molar-refractivity contribution in [2.45, 2.75) is 26.2 Å². The van der Waals surface area contributed by atoms with Crippen LogP contribution in [-0.2, 0) is 5.41 Å². The van der Waals surface area contributed by atoms with Gasteiger partial charge in [0.15, 0.2) is 0 Å². The van der Waals surface area contributed by atoms with Gasteiger partial charge in [-0.05, 0) is 11.5 Å². The minimum absolute atomic E-state index is 0.232. The van der Waals surface area contributed by atoms with Gasteiger partial charge in [-0.3, -0.25) is 0 Å². The van der Waals surface area contributed by atoms with Gasteiger partial charge in [-0.25, -0.2) is 4.98 Å². The van der Waals surface area contributed by atoms with E-state index in [-0.39, 0.29) is 5.41 Å². The van der Waals surface area contributed by atoms with Gasteiger partial charge in [0, 0.05) is 5.56 Å². The normalized spacial score (nSPS) is 11.0. The summed E-state index contributed by atoms with van der Waals surface area (Å²) in [5.41, 5.74) is 0.696. The van der Waals surface area contributed by atoms with Gasteiger partial charge < -0.3 is 0 Å². The van der Waals surface area contributed by atoms with E-state index < -0.39 is 5.95 Å². The number of terminal acetylenes is 1. The lowest BCUT2D eigenvalue weighted by molar-refractivity contribution is 0.498. The minimum Gasteiger partial charge on any atom is -0.211 e. The lowest BCUT2D eigenvalue weighted by atomic mass is 9.88. The molecule has 0 spiro atoms. The van der Waals surface area contributed by atoms with Crippen LogP contribution in [0.5, 0.6) is 0 Å².